The molecule has 0 radical (unpaired) electrons. The standard InChI is InChI=1S/C12H25N.C7H7F.C3H7NO/c1-3-4-10-13(2)11-12-8-6-5-7-9-12;1-6-2-4-7(8)5-3-6;1-3(5)4-2/h12H,3-11H2,1-2H3;2-5H,1H3;1-2H3,(H,4,5). The topological polar surface area (TPSA) is 32.3 Å². The summed E-state index contributed by atoms with van der Waals surface area (Å²) >= 11 is 0. The number of rotatable bonds is 5. The van der Waals surface area contributed by atoms with Crippen molar-refractivity contribution < 1.29 is 9.18 Å². The predicted molar refractivity (Wildman–Crippen MR) is 110 cm³/mol. The van der Waals surface area contributed by atoms with Gasteiger partial charge in [-0.25, -0.2) is 4.39 Å². The van der Waals surface area contributed by atoms with Gasteiger partial charge in [0.15, 0.2) is 0 Å². The van der Waals surface area contributed by atoms with Crippen molar-refractivity contribution in [2.75, 3.05) is 27.2 Å². The zero-order valence-corrected chi connectivity index (χ0v) is 17.5. The molecule has 1 amide bonds. The summed E-state index contributed by atoms with van der Waals surface area (Å²) in [7, 11) is 3.88. The molecule has 0 unspecified atom stereocenters. The monoisotopic (exact) mass is 366 g/mol. The molecule has 0 aromatic heterocycles. The minimum Gasteiger partial charge on any atom is -0.359 e. The lowest BCUT2D eigenvalue weighted by Gasteiger charge is -2.26. The third-order valence-corrected chi connectivity index (χ3v) is 4.55. The second-order valence-corrected chi connectivity index (χ2v) is 7.22. The molecule has 0 bridgehead atoms. The minimum absolute atomic E-state index is 0.00463. The highest BCUT2D eigenvalue weighted by molar-refractivity contribution is 5.72. The van der Waals surface area contributed by atoms with E-state index in [0.717, 1.165) is 11.5 Å². The van der Waals surface area contributed by atoms with Crippen LogP contribution in [0.25, 0.3) is 0 Å². The van der Waals surface area contributed by atoms with E-state index in [1.54, 1.807) is 19.2 Å². The molecule has 0 spiro atoms. The second-order valence-electron chi connectivity index (χ2n) is 7.22. The fourth-order valence-corrected chi connectivity index (χ4v) is 2.86. The van der Waals surface area contributed by atoms with Crippen LogP contribution in [-0.2, 0) is 4.79 Å². The lowest BCUT2D eigenvalue weighted by Crippen LogP contribution is -2.27. The maximum Gasteiger partial charge on any atom is 0.216 e. The van der Waals surface area contributed by atoms with Crippen LogP contribution in [0.15, 0.2) is 24.3 Å². The predicted octanol–water partition coefficient (Wildman–Crippen LogP) is 5.19. The van der Waals surface area contributed by atoms with Crippen molar-refractivity contribution in [1.29, 1.82) is 0 Å². The largest absolute Gasteiger partial charge is 0.359 e. The molecule has 0 atom stereocenters. The number of hydrogen-bond acceptors (Lipinski definition) is 2. The van der Waals surface area contributed by atoms with E-state index >= 15 is 0 Å². The average Bonchev–Trinajstić information content (AvgIpc) is 2.64. The van der Waals surface area contributed by atoms with Gasteiger partial charge in [-0.15, -0.1) is 0 Å². The Kier molecular flexibility index (Phi) is 14.9. The summed E-state index contributed by atoms with van der Waals surface area (Å²) in [6.45, 7) is 8.32. The van der Waals surface area contributed by atoms with Crippen LogP contribution in [0.3, 0.4) is 0 Å². The molecule has 0 heterocycles. The zero-order chi connectivity index (χ0) is 19.8. The van der Waals surface area contributed by atoms with Crippen LogP contribution in [0.2, 0.25) is 0 Å². The van der Waals surface area contributed by atoms with Crippen LogP contribution in [0.1, 0.15) is 64.4 Å². The summed E-state index contributed by atoms with van der Waals surface area (Å²) in [6.07, 6.45) is 10.1. The molecular formula is C22H39FN2O. The first-order chi connectivity index (χ1) is 12.4. The Morgan fingerprint density at radius 1 is 1.19 bits per heavy atom. The van der Waals surface area contributed by atoms with Gasteiger partial charge in [0.05, 0.1) is 0 Å². The van der Waals surface area contributed by atoms with Gasteiger partial charge in [-0.1, -0.05) is 50.3 Å². The molecule has 1 aliphatic rings. The molecule has 1 fully saturated rings. The van der Waals surface area contributed by atoms with Crippen LogP contribution < -0.4 is 5.32 Å². The molecule has 1 aromatic carbocycles. The van der Waals surface area contributed by atoms with Gasteiger partial charge >= 0.3 is 0 Å². The summed E-state index contributed by atoms with van der Waals surface area (Å²) in [5, 5.41) is 2.39. The van der Waals surface area contributed by atoms with Gasteiger partial charge in [-0.2, -0.15) is 0 Å². The number of hydrogen-bond donors (Lipinski definition) is 1. The number of aryl methyl sites for hydroxylation is 1. The number of nitrogens with zero attached hydrogens (tertiary/aromatic N) is 1. The van der Waals surface area contributed by atoms with E-state index in [1.807, 2.05) is 6.92 Å². The summed E-state index contributed by atoms with van der Waals surface area (Å²) in [5.74, 6) is 0.844. The molecule has 4 heteroatoms. The van der Waals surface area contributed by atoms with Gasteiger partial charge in [-0.3, -0.25) is 4.79 Å². The number of carbonyl (C=O) groups excluding carboxylic acids is 1. The lowest BCUT2D eigenvalue weighted by molar-refractivity contribution is -0.118. The molecule has 0 aliphatic heterocycles. The van der Waals surface area contributed by atoms with Crippen LogP contribution in [0, 0.1) is 18.7 Å². The number of carbonyl (C=O) groups is 1. The Labute approximate surface area is 160 Å². The summed E-state index contributed by atoms with van der Waals surface area (Å²) in [6, 6.07) is 6.40. The molecular weight excluding hydrogens is 327 g/mol. The van der Waals surface area contributed by atoms with E-state index in [-0.39, 0.29) is 11.7 Å². The van der Waals surface area contributed by atoms with E-state index in [0.29, 0.717) is 0 Å². The van der Waals surface area contributed by atoms with Gasteiger partial charge in [0.1, 0.15) is 5.82 Å². The van der Waals surface area contributed by atoms with Crippen molar-refractivity contribution in [1.82, 2.24) is 10.2 Å². The number of halogens is 1. The molecule has 3 nitrogen and oxygen atoms in total. The van der Waals surface area contributed by atoms with Gasteiger partial charge in [-0.05, 0) is 57.8 Å². The van der Waals surface area contributed by atoms with Gasteiger partial charge in [0.25, 0.3) is 0 Å². The van der Waals surface area contributed by atoms with Crippen molar-refractivity contribution >= 4 is 5.91 Å². The first kappa shape index (κ1) is 24.6. The summed E-state index contributed by atoms with van der Waals surface area (Å²) < 4.78 is 12.1. The van der Waals surface area contributed by atoms with E-state index < -0.39 is 0 Å². The number of unbranched alkanes of at least 4 members (excludes halogenated alkanes) is 1. The molecule has 1 aromatic rings. The molecule has 26 heavy (non-hydrogen) atoms. The molecule has 150 valence electrons. The Morgan fingerprint density at radius 2 is 1.73 bits per heavy atom. The van der Waals surface area contributed by atoms with Crippen molar-refractivity contribution in [2.45, 2.75) is 65.7 Å². The highest BCUT2D eigenvalue weighted by Crippen LogP contribution is 2.24. The Morgan fingerprint density at radius 3 is 2.15 bits per heavy atom. The molecule has 1 aliphatic carbocycles. The number of amides is 1. The fraction of sp³-hybridized carbons (Fsp3) is 0.682. The van der Waals surface area contributed by atoms with Crippen LogP contribution in [-0.4, -0.2) is 38.0 Å². The first-order valence-electron chi connectivity index (χ1n) is 9.98. The second kappa shape index (κ2) is 15.8. The lowest BCUT2D eigenvalue weighted by atomic mass is 9.89. The summed E-state index contributed by atoms with van der Waals surface area (Å²) in [4.78, 5) is 12.2. The molecule has 2 rings (SSSR count). The van der Waals surface area contributed by atoms with Gasteiger partial charge < -0.3 is 10.2 Å². The third-order valence-electron chi connectivity index (χ3n) is 4.55. The fourth-order valence-electron chi connectivity index (χ4n) is 2.86. The number of benzene rings is 1. The molecule has 1 saturated carbocycles. The molecule has 0 saturated heterocycles. The smallest absolute Gasteiger partial charge is 0.216 e. The maximum atomic E-state index is 12.1. The Balaban J connectivity index is 0.000000409. The van der Waals surface area contributed by atoms with E-state index in [1.165, 1.54) is 77.1 Å². The van der Waals surface area contributed by atoms with E-state index in [9.17, 15) is 9.18 Å². The Hall–Kier alpha value is -1.42. The molecule has 1 N–H and O–H groups in total. The quantitative estimate of drug-likeness (QED) is 0.778. The maximum absolute atomic E-state index is 12.1. The highest BCUT2D eigenvalue weighted by atomic mass is 19.1. The normalized spacial score (nSPS) is 14.0. The van der Waals surface area contributed by atoms with Gasteiger partial charge in [0, 0.05) is 20.5 Å². The van der Waals surface area contributed by atoms with Crippen LogP contribution in [0.5, 0.6) is 0 Å². The van der Waals surface area contributed by atoms with E-state index in [2.05, 4.69) is 24.2 Å². The minimum atomic E-state index is -0.171. The van der Waals surface area contributed by atoms with E-state index in [4.69, 9.17) is 0 Å². The van der Waals surface area contributed by atoms with Crippen molar-refractivity contribution in [3.05, 3.63) is 35.6 Å². The van der Waals surface area contributed by atoms with Crippen LogP contribution in [0.4, 0.5) is 4.39 Å². The van der Waals surface area contributed by atoms with Crippen molar-refractivity contribution in [3.8, 4) is 0 Å². The SMILES string of the molecule is CCCCN(C)CC1CCCCC1.CNC(C)=O.Cc1ccc(F)cc1. The zero-order valence-electron chi connectivity index (χ0n) is 17.5. The average molecular weight is 367 g/mol. The summed E-state index contributed by atoms with van der Waals surface area (Å²) in [5.41, 5.74) is 1.09. The first-order valence-corrected chi connectivity index (χ1v) is 9.98. The van der Waals surface area contributed by atoms with Crippen molar-refractivity contribution in [3.63, 3.8) is 0 Å². The third kappa shape index (κ3) is 14.9. The Bertz CT molecular complexity index is 435. The highest BCUT2D eigenvalue weighted by Gasteiger charge is 2.14. The number of nitrogens with one attached hydrogen (secondary N) is 1. The van der Waals surface area contributed by atoms with Crippen molar-refractivity contribution in [2.24, 2.45) is 5.92 Å². The van der Waals surface area contributed by atoms with Crippen LogP contribution >= 0.6 is 0 Å². The van der Waals surface area contributed by atoms with Gasteiger partial charge in [0.2, 0.25) is 5.91 Å².